The van der Waals surface area contributed by atoms with Gasteiger partial charge in [0, 0.05) is 42.7 Å². The third kappa shape index (κ3) is 3.65. The molecule has 0 spiro atoms. The van der Waals surface area contributed by atoms with Crippen molar-refractivity contribution in [1.29, 1.82) is 0 Å². The molecule has 6 nitrogen and oxygen atoms in total. The van der Waals surface area contributed by atoms with Crippen molar-refractivity contribution in [2.75, 3.05) is 42.7 Å². The van der Waals surface area contributed by atoms with Crippen molar-refractivity contribution < 1.29 is 26.6 Å². The van der Waals surface area contributed by atoms with Crippen LogP contribution >= 0.6 is 0 Å². The minimum Gasteiger partial charge on any atom is -0.367 e. The Kier molecular flexibility index (Phi) is 7.04. The highest BCUT2D eigenvalue weighted by Crippen LogP contribution is 2.07. The molecular formula is C8H18O6Si2. The largest absolute Gasteiger partial charge is 0.590 e. The molecule has 8 heteroatoms. The molecule has 0 aromatic heterocycles. The van der Waals surface area contributed by atoms with Gasteiger partial charge in [0.15, 0.2) is 0 Å². The van der Waals surface area contributed by atoms with Crippen molar-refractivity contribution in [2.24, 2.45) is 0 Å². The van der Waals surface area contributed by atoms with Gasteiger partial charge in [-0.1, -0.05) is 0 Å². The molecule has 0 aliphatic rings. The molecule has 0 rings (SSSR count). The molecule has 0 aromatic rings. The van der Waals surface area contributed by atoms with Crippen LogP contribution in [0.15, 0.2) is 0 Å². The van der Waals surface area contributed by atoms with Crippen LogP contribution in [0.4, 0.5) is 0 Å². The maximum Gasteiger partial charge on any atom is 0.590 e. The van der Waals surface area contributed by atoms with Crippen molar-refractivity contribution in [3.63, 3.8) is 0 Å². The first-order chi connectivity index (χ1) is 7.57. The molecule has 0 aromatic carbocycles. The Hall–Kier alpha value is -0.246. The molecule has 0 fully saturated rings. The Morgan fingerprint density at radius 3 is 0.812 bits per heavy atom. The van der Waals surface area contributed by atoms with Gasteiger partial charge in [-0.3, -0.25) is 0 Å². The van der Waals surface area contributed by atoms with Crippen LogP contribution in [0.25, 0.3) is 0 Å². The lowest BCUT2D eigenvalue weighted by molar-refractivity contribution is 0.137. The van der Waals surface area contributed by atoms with E-state index in [1.54, 1.807) is 0 Å². The standard InChI is InChI=1S/C8H18O6Si2/c1-9-15(10-2,11-3)7-8-16(12-4,13-5)14-6/h1-6H3. The molecular weight excluding hydrogens is 248 g/mol. The zero-order chi connectivity index (χ0) is 12.7. The predicted octanol–water partition coefficient (Wildman–Crippen LogP) is -0.176. The quantitative estimate of drug-likeness (QED) is 0.491. The highest BCUT2D eigenvalue weighted by Gasteiger charge is 2.41. The Bertz CT molecular complexity index is 212. The van der Waals surface area contributed by atoms with Crippen molar-refractivity contribution in [2.45, 2.75) is 0 Å². The van der Waals surface area contributed by atoms with Crippen LogP contribution in [0.1, 0.15) is 0 Å². The highest BCUT2D eigenvalue weighted by atomic mass is 28.4. The second-order valence-corrected chi connectivity index (χ2v) is 7.76. The highest BCUT2D eigenvalue weighted by molar-refractivity contribution is 6.75. The van der Waals surface area contributed by atoms with Crippen molar-refractivity contribution in [1.82, 2.24) is 0 Å². The van der Waals surface area contributed by atoms with E-state index < -0.39 is 17.6 Å². The van der Waals surface area contributed by atoms with Crippen molar-refractivity contribution in [3.8, 4) is 11.1 Å². The maximum atomic E-state index is 5.14. The van der Waals surface area contributed by atoms with Gasteiger partial charge in [0.05, 0.1) is 0 Å². The van der Waals surface area contributed by atoms with E-state index in [2.05, 4.69) is 11.1 Å². The van der Waals surface area contributed by atoms with E-state index in [9.17, 15) is 0 Å². The average Bonchev–Trinajstić information content (AvgIpc) is 2.37. The molecule has 0 heterocycles. The van der Waals surface area contributed by atoms with Crippen LogP contribution in [0.3, 0.4) is 0 Å². The van der Waals surface area contributed by atoms with Crippen LogP contribution in [0.2, 0.25) is 0 Å². The van der Waals surface area contributed by atoms with Crippen LogP contribution in [-0.4, -0.2) is 60.3 Å². The van der Waals surface area contributed by atoms with Gasteiger partial charge in [-0.05, 0) is 11.1 Å². The van der Waals surface area contributed by atoms with E-state index in [1.807, 2.05) is 0 Å². The van der Waals surface area contributed by atoms with Gasteiger partial charge in [0.2, 0.25) is 0 Å². The monoisotopic (exact) mass is 266 g/mol. The fourth-order valence-electron chi connectivity index (χ4n) is 0.959. The van der Waals surface area contributed by atoms with Gasteiger partial charge in [-0.15, -0.1) is 0 Å². The number of rotatable bonds is 6. The summed E-state index contributed by atoms with van der Waals surface area (Å²) in [4.78, 5) is 0. The summed E-state index contributed by atoms with van der Waals surface area (Å²) >= 11 is 0. The molecule has 0 radical (unpaired) electrons. The summed E-state index contributed by atoms with van der Waals surface area (Å²) in [5.41, 5.74) is 5.57. The van der Waals surface area contributed by atoms with Gasteiger partial charge in [0.25, 0.3) is 0 Å². The lowest BCUT2D eigenvalue weighted by Gasteiger charge is -2.20. The summed E-state index contributed by atoms with van der Waals surface area (Å²) in [7, 11) is 2.97. The minimum absolute atomic E-state index is 1.48. The third-order valence-corrected chi connectivity index (χ3v) is 6.32. The van der Waals surface area contributed by atoms with Gasteiger partial charge >= 0.3 is 17.6 Å². The molecule has 0 saturated heterocycles. The van der Waals surface area contributed by atoms with Crippen molar-refractivity contribution >= 4 is 17.6 Å². The predicted molar refractivity (Wildman–Crippen MR) is 61.3 cm³/mol. The number of hydrogen-bond acceptors (Lipinski definition) is 6. The van der Waals surface area contributed by atoms with Crippen LogP contribution in [-0.2, 0) is 26.6 Å². The van der Waals surface area contributed by atoms with E-state index in [1.165, 1.54) is 42.7 Å². The number of hydrogen-bond donors (Lipinski definition) is 0. The third-order valence-electron chi connectivity index (χ3n) is 1.98. The summed E-state index contributed by atoms with van der Waals surface area (Å²) in [6, 6.07) is 0. The molecule has 16 heavy (non-hydrogen) atoms. The SMILES string of the molecule is CO[Si](C#C[Si](OC)(OC)OC)(OC)OC. The molecule has 94 valence electrons. The topological polar surface area (TPSA) is 55.4 Å². The van der Waals surface area contributed by atoms with E-state index in [4.69, 9.17) is 26.6 Å². The van der Waals surface area contributed by atoms with Gasteiger partial charge < -0.3 is 26.6 Å². The molecule has 0 amide bonds. The first-order valence-electron chi connectivity index (χ1n) is 4.42. The van der Waals surface area contributed by atoms with Crippen molar-refractivity contribution in [3.05, 3.63) is 0 Å². The Morgan fingerprint density at radius 2 is 0.688 bits per heavy atom. The fraction of sp³-hybridized carbons (Fsp3) is 0.750. The van der Waals surface area contributed by atoms with Crippen LogP contribution in [0, 0.1) is 11.1 Å². The first-order valence-corrected chi connectivity index (χ1v) is 7.87. The van der Waals surface area contributed by atoms with Crippen LogP contribution in [0.5, 0.6) is 0 Å². The Morgan fingerprint density at radius 1 is 0.500 bits per heavy atom. The molecule has 0 aliphatic heterocycles. The summed E-state index contributed by atoms with van der Waals surface area (Å²) < 4.78 is 30.8. The minimum atomic E-state index is -2.94. The Labute approximate surface area is 98.5 Å². The second kappa shape index (κ2) is 7.15. The van der Waals surface area contributed by atoms with E-state index in [0.29, 0.717) is 0 Å². The second-order valence-electron chi connectivity index (χ2n) is 2.59. The fourth-order valence-corrected chi connectivity index (χ4v) is 3.80. The Balaban J connectivity index is 5.03. The summed E-state index contributed by atoms with van der Waals surface area (Å²) in [6.07, 6.45) is 0. The lowest BCUT2D eigenvalue weighted by Crippen LogP contribution is -2.45. The van der Waals surface area contributed by atoms with E-state index in [-0.39, 0.29) is 0 Å². The zero-order valence-corrected chi connectivity index (χ0v) is 12.4. The molecule has 0 bridgehead atoms. The molecule has 0 atom stereocenters. The van der Waals surface area contributed by atoms with E-state index in [0.717, 1.165) is 0 Å². The molecule has 0 unspecified atom stereocenters. The molecule has 0 aliphatic carbocycles. The molecule has 0 saturated carbocycles. The van der Waals surface area contributed by atoms with E-state index >= 15 is 0 Å². The summed E-state index contributed by atoms with van der Waals surface area (Å²) in [6.45, 7) is 0. The zero-order valence-electron chi connectivity index (χ0n) is 10.4. The van der Waals surface area contributed by atoms with Crippen LogP contribution < -0.4 is 0 Å². The maximum absolute atomic E-state index is 5.14. The average molecular weight is 266 g/mol. The summed E-state index contributed by atoms with van der Waals surface area (Å²) in [5, 5.41) is 0. The van der Waals surface area contributed by atoms with Gasteiger partial charge in [0.1, 0.15) is 0 Å². The van der Waals surface area contributed by atoms with Gasteiger partial charge in [-0.2, -0.15) is 0 Å². The smallest absolute Gasteiger partial charge is 0.367 e. The van der Waals surface area contributed by atoms with Gasteiger partial charge in [-0.25, -0.2) is 0 Å². The molecule has 0 N–H and O–H groups in total. The first kappa shape index (κ1) is 15.8. The normalized spacial score (nSPS) is 12.1. The lowest BCUT2D eigenvalue weighted by atomic mass is 11.4. The summed E-state index contributed by atoms with van der Waals surface area (Å²) in [5.74, 6) is 0.